The molecule has 26 heavy (non-hydrogen) atoms. The van der Waals surface area contributed by atoms with Crippen molar-refractivity contribution in [2.45, 2.75) is 13.8 Å². The fourth-order valence-electron chi connectivity index (χ4n) is 2.75. The van der Waals surface area contributed by atoms with Crippen LogP contribution >= 0.6 is 0 Å². The molecule has 4 aromatic rings. The second kappa shape index (κ2) is 6.52. The Hall–Kier alpha value is -3.34. The van der Waals surface area contributed by atoms with Gasteiger partial charge in [0.25, 0.3) is 0 Å². The summed E-state index contributed by atoms with van der Waals surface area (Å²) in [4.78, 5) is 4.73. The molecular weight excluding hydrogens is 327 g/mol. The zero-order chi connectivity index (χ0) is 18.1. The third kappa shape index (κ3) is 3.11. The Morgan fingerprint density at radius 1 is 0.808 bits per heavy atom. The Bertz CT molecular complexity index is 1090. The van der Waals surface area contributed by atoms with E-state index in [4.69, 9.17) is 4.98 Å². The van der Waals surface area contributed by atoms with Crippen LogP contribution in [0.1, 0.15) is 11.1 Å². The zero-order valence-corrected chi connectivity index (χ0v) is 14.5. The van der Waals surface area contributed by atoms with E-state index in [1.54, 1.807) is 12.1 Å². The molecule has 2 aromatic carbocycles. The Morgan fingerprint density at radius 3 is 2.23 bits per heavy atom. The number of azo groups is 1. The molecular formula is C21H17FN4. The number of aromatic nitrogens is 2. The molecule has 0 N–H and O–H groups in total. The standard InChI is InChI=1S/C21H17FN4/c1-14-3-6-16(7-4-14)20-21(25-24-18-10-8-17(22)9-11-18)26-13-15(2)5-12-19(26)23-20/h3-13H,1-2H3. The number of benzene rings is 2. The number of nitrogens with zero attached hydrogens (tertiary/aromatic N) is 4. The summed E-state index contributed by atoms with van der Waals surface area (Å²) >= 11 is 0. The number of aryl methyl sites for hydroxylation is 2. The van der Waals surface area contributed by atoms with Crippen molar-refractivity contribution in [1.29, 1.82) is 0 Å². The van der Waals surface area contributed by atoms with Gasteiger partial charge < -0.3 is 0 Å². The van der Waals surface area contributed by atoms with Gasteiger partial charge in [-0.1, -0.05) is 35.9 Å². The molecule has 0 spiro atoms. The van der Waals surface area contributed by atoms with Crippen molar-refractivity contribution >= 4 is 17.2 Å². The Labute approximate surface area is 150 Å². The number of rotatable bonds is 3. The molecule has 4 rings (SSSR count). The van der Waals surface area contributed by atoms with Gasteiger partial charge in [0.05, 0.1) is 5.69 Å². The predicted molar refractivity (Wildman–Crippen MR) is 101 cm³/mol. The topological polar surface area (TPSA) is 42.0 Å². The van der Waals surface area contributed by atoms with Crippen LogP contribution in [0.4, 0.5) is 15.9 Å². The van der Waals surface area contributed by atoms with Gasteiger partial charge in [0.2, 0.25) is 0 Å². The van der Waals surface area contributed by atoms with E-state index in [9.17, 15) is 4.39 Å². The molecule has 0 aliphatic carbocycles. The minimum absolute atomic E-state index is 0.297. The summed E-state index contributed by atoms with van der Waals surface area (Å²) in [7, 11) is 0. The second-order valence-corrected chi connectivity index (χ2v) is 6.26. The van der Waals surface area contributed by atoms with Gasteiger partial charge in [-0.05, 0) is 49.7 Å². The van der Waals surface area contributed by atoms with E-state index in [1.807, 2.05) is 60.8 Å². The molecule has 0 bridgehead atoms. The van der Waals surface area contributed by atoms with Crippen molar-refractivity contribution in [3.8, 4) is 11.3 Å². The summed E-state index contributed by atoms with van der Waals surface area (Å²) in [5, 5.41) is 8.71. The molecule has 2 aromatic heterocycles. The van der Waals surface area contributed by atoms with Gasteiger partial charge >= 0.3 is 0 Å². The van der Waals surface area contributed by atoms with Gasteiger partial charge in [-0.15, -0.1) is 10.2 Å². The summed E-state index contributed by atoms with van der Waals surface area (Å²) in [6.07, 6.45) is 1.99. The number of fused-ring (bicyclic) bond motifs is 1. The first-order chi connectivity index (χ1) is 12.6. The van der Waals surface area contributed by atoms with E-state index >= 15 is 0 Å². The normalized spacial score (nSPS) is 11.5. The highest BCUT2D eigenvalue weighted by atomic mass is 19.1. The molecule has 128 valence electrons. The third-order valence-corrected chi connectivity index (χ3v) is 4.15. The fraction of sp³-hybridized carbons (Fsp3) is 0.0952. The van der Waals surface area contributed by atoms with Crippen molar-refractivity contribution in [3.05, 3.63) is 83.8 Å². The maximum Gasteiger partial charge on any atom is 0.187 e. The molecule has 0 amide bonds. The van der Waals surface area contributed by atoms with Gasteiger partial charge in [-0.2, -0.15) is 0 Å². The molecule has 5 heteroatoms. The van der Waals surface area contributed by atoms with E-state index in [0.29, 0.717) is 11.5 Å². The van der Waals surface area contributed by atoms with Gasteiger partial charge in [-0.25, -0.2) is 9.37 Å². The van der Waals surface area contributed by atoms with Crippen molar-refractivity contribution in [3.63, 3.8) is 0 Å². The van der Waals surface area contributed by atoms with E-state index in [-0.39, 0.29) is 5.82 Å². The smallest absolute Gasteiger partial charge is 0.187 e. The lowest BCUT2D eigenvalue weighted by molar-refractivity contribution is 0.628. The summed E-state index contributed by atoms with van der Waals surface area (Å²) in [5.41, 5.74) is 5.42. The summed E-state index contributed by atoms with van der Waals surface area (Å²) in [6.45, 7) is 4.07. The van der Waals surface area contributed by atoms with Crippen LogP contribution in [-0.2, 0) is 0 Å². The number of hydrogen-bond donors (Lipinski definition) is 0. The van der Waals surface area contributed by atoms with Crippen LogP contribution in [-0.4, -0.2) is 9.38 Å². The highest BCUT2D eigenvalue weighted by molar-refractivity contribution is 5.74. The van der Waals surface area contributed by atoms with Crippen LogP contribution in [0.5, 0.6) is 0 Å². The van der Waals surface area contributed by atoms with Crippen LogP contribution in [0.25, 0.3) is 16.9 Å². The summed E-state index contributed by atoms with van der Waals surface area (Å²) < 4.78 is 15.0. The first-order valence-electron chi connectivity index (χ1n) is 8.33. The molecule has 0 saturated heterocycles. The van der Waals surface area contributed by atoms with Crippen LogP contribution < -0.4 is 0 Å². The molecule has 0 aliphatic rings. The number of halogens is 1. The first kappa shape index (κ1) is 16.1. The maximum absolute atomic E-state index is 13.1. The minimum atomic E-state index is -0.297. The highest BCUT2D eigenvalue weighted by Crippen LogP contribution is 2.32. The Balaban J connectivity index is 1.87. The second-order valence-electron chi connectivity index (χ2n) is 6.26. The summed E-state index contributed by atoms with van der Waals surface area (Å²) in [5.74, 6) is 0.353. The molecule has 0 fully saturated rings. The molecule has 0 unspecified atom stereocenters. The lowest BCUT2D eigenvalue weighted by atomic mass is 10.1. The fourth-order valence-corrected chi connectivity index (χ4v) is 2.75. The van der Waals surface area contributed by atoms with Crippen LogP contribution in [0.2, 0.25) is 0 Å². The SMILES string of the molecule is Cc1ccc(-c2nc3ccc(C)cn3c2N=Nc2ccc(F)cc2)cc1. The number of pyridine rings is 1. The molecule has 2 heterocycles. The van der Waals surface area contributed by atoms with Crippen LogP contribution in [0.3, 0.4) is 0 Å². The summed E-state index contributed by atoms with van der Waals surface area (Å²) in [6, 6.07) is 18.1. The van der Waals surface area contributed by atoms with Crippen molar-refractivity contribution in [2.75, 3.05) is 0 Å². The van der Waals surface area contributed by atoms with Crippen molar-refractivity contribution < 1.29 is 4.39 Å². The Kier molecular flexibility index (Phi) is 4.05. The maximum atomic E-state index is 13.1. The molecule has 0 aliphatic heterocycles. The third-order valence-electron chi connectivity index (χ3n) is 4.15. The highest BCUT2D eigenvalue weighted by Gasteiger charge is 2.14. The van der Waals surface area contributed by atoms with E-state index in [0.717, 1.165) is 22.5 Å². The minimum Gasteiger partial charge on any atom is -0.282 e. The average Bonchev–Trinajstić information content (AvgIpc) is 2.99. The molecule has 0 radical (unpaired) electrons. The molecule has 0 atom stereocenters. The monoisotopic (exact) mass is 344 g/mol. The van der Waals surface area contributed by atoms with Crippen molar-refractivity contribution in [1.82, 2.24) is 9.38 Å². The molecule has 0 saturated carbocycles. The lowest BCUT2D eigenvalue weighted by Gasteiger charge is -2.01. The van der Waals surface area contributed by atoms with Gasteiger partial charge in [0.15, 0.2) is 5.82 Å². The number of hydrogen-bond acceptors (Lipinski definition) is 3. The van der Waals surface area contributed by atoms with Gasteiger partial charge in [-0.3, -0.25) is 4.40 Å². The van der Waals surface area contributed by atoms with E-state index in [2.05, 4.69) is 10.2 Å². The predicted octanol–water partition coefficient (Wildman–Crippen LogP) is 6.17. The van der Waals surface area contributed by atoms with E-state index in [1.165, 1.54) is 17.7 Å². The van der Waals surface area contributed by atoms with Gasteiger partial charge in [0, 0.05) is 11.8 Å². The lowest BCUT2D eigenvalue weighted by Crippen LogP contribution is -1.85. The van der Waals surface area contributed by atoms with Crippen molar-refractivity contribution in [2.24, 2.45) is 10.2 Å². The van der Waals surface area contributed by atoms with Gasteiger partial charge in [0.1, 0.15) is 17.2 Å². The first-order valence-corrected chi connectivity index (χ1v) is 8.33. The quantitative estimate of drug-likeness (QED) is 0.410. The van der Waals surface area contributed by atoms with E-state index < -0.39 is 0 Å². The van der Waals surface area contributed by atoms with Crippen LogP contribution in [0.15, 0.2) is 77.1 Å². The van der Waals surface area contributed by atoms with Crippen LogP contribution in [0, 0.1) is 19.7 Å². The molecule has 4 nitrogen and oxygen atoms in total. The Morgan fingerprint density at radius 2 is 1.50 bits per heavy atom. The number of imidazole rings is 1. The largest absolute Gasteiger partial charge is 0.282 e. The average molecular weight is 344 g/mol. The zero-order valence-electron chi connectivity index (χ0n) is 14.5.